The number of rotatable bonds is 33. The highest BCUT2D eigenvalue weighted by Crippen LogP contribution is 2.13. The van der Waals surface area contributed by atoms with Crippen LogP contribution in [-0.2, 0) is 54.4 Å². The molecule has 10 atom stereocenters. The van der Waals surface area contributed by atoms with Crippen LogP contribution in [0.5, 0.6) is 5.75 Å². The van der Waals surface area contributed by atoms with E-state index < -0.39 is 133 Å². The van der Waals surface area contributed by atoms with Gasteiger partial charge in [0, 0.05) is 6.42 Å². The van der Waals surface area contributed by atoms with Gasteiger partial charge in [-0.2, -0.15) is 0 Å². The molecule has 1 heterocycles. The highest BCUT2D eigenvalue weighted by Gasteiger charge is 2.35. The first-order valence-electron chi connectivity index (χ1n) is 24.2. The minimum atomic E-state index is -1.67. The molecule has 0 aromatic heterocycles. The summed E-state index contributed by atoms with van der Waals surface area (Å²) in [6.07, 6.45) is 3.21. The van der Waals surface area contributed by atoms with E-state index in [-0.39, 0.29) is 44.0 Å². The third-order valence-corrected chi connectivity index (χ3v) is 11.9. The number of carboxylic acids is 1. The third kappa shape index (κ3) is 21.5. The lowest BCUT2D eigenvalue weighted by Crippen LogP contribution is -2.61. The maximum absolute atomic E-state index is 13.8. The number of benzene rings is 1. The number of aliphatic hydroxyl groups is 2. The van der Waals surface area contributed by atoms with Gasteiger partial charge in [-0.1, -0.05) is 32.4 Å². The molecule has 1 aliphatic rings. The van der Waals surface area contributed by atoms with Crippen LogP contribution in [0.15, 0.2) is 24.3 Å². The van der Waals surface area contributed by atoms with Gasteiger partial charge in [-0.25, -0.2) is 4.79 Å². The van der Waals surface area contributed by atoms with Crippen molar-refractivity contribution in [2.45, 2.75) is 146 Å². The Labute approximate surface area is 418 Å². The zero-order valence-electron chi connectivity index (χ0n) is 41.4. The normalized spacial score (nSPS) is 16.9. The number of carbonyl (C=O) groups is 10. The van der Waals surface area contributed by atoms with Crippen LogP contribution in [0, 0.1) is 5.92 Å². The number of amides is 9. The summed E-state index contributed by atoms with van der Waals surface area (Å²) in [7, 11) is 0. The molecule has 1 aromatic rings. The van der Waals surface area contributed by atoms with Gasteiger partial charge in [-0.15, -0.1) is 0 Å². The lowest BCUT2D eigenvalue weighted by Gasteiger charge is -2.28. The SMILES string of the molecule is CC[C@H](C)[C@H](NC(=O)[C@H](C)NC(=O)[C@H](Cc1ccc(O)cc1)NC(=O)CNC(=O)[C@H](C)NC(=O)[C@@H]1CCCN1)C(=O)N[C@@H](CO)C(=O)N[C@@H](CCCCN)C(=O)N[C@@H](CCCCN)C(=O)N[C@@H](CO)C(=O)O. The van der Waals surface area contributed by atoms with E-state index in [4.69, 9.17) is 11.5 Å². The van der Waals surface area contributed by atoms with Gasteiger partial charge in [0.15, 0.2) is 0 Å². The van der Waals surface area contributed by atoms with Crippen molar-refractivity contribution in [3.05, 3.63) is 29.8 Å². The van der Waals surface area contributed by atoms with Gasteiger partial charge >= 0.3 is 5.97 Å². The molecule has 1 fully saturated rings. The minimum absolute atomic E-state index is 0.00364. The van der Waals surface area contributed by atoms with E-state index in [2.05, 4.69) is 53.2 Å². The van der Waals surface area contributed by atoms with Crippen LogP contribution >= 0.6 is 0 Å². The van der Waals surface area contributed by atoms with Crippen molar-refractivity contribution in [2.75, 3.05) is 39.4 Å². The van der Waals surface area contributed by atoms with Crippen molar-refractivity contribution in [3.8, 4) is 5.75 Å². The Bertz CT molecular complexity index is 1970. The molecule has 26 nitrogen and oxygen atoms in total. The van der Waals surface area contributed by atoms with Crippen LogP contribution in [0.25, 0.3) is 0 Å². The molecule has 0 saturated carbocycles. The number of aromatic hydroxyl groups is 1. The topological polar surface area (TPSA) is 424 Å². The second kappa shape index (κ2) is 32.5. The van der Waals surface area contributed by atoms with Crippen LogP contribution in [-0.4, -0.2) is 173 Å². The summed E-state index contributed by atoms with van der Waals surface area (Å²) in [6.45, 7) is 4.84. The van der Waals surface area contributed by atoms with Gasteiger partial charge in [-0.05, 0) is 108 Å². The second-order valence-electron chi connectivity index (χ2n) is 17.7. The van der Waals surface area contributed by atoms with Crippen LogP contribution in [0.1, 0.15) is 91.0 Å². The molecular weight excluding hydrogens is 945 g/mol. The molecule has 1 saturated heterocycles. The van der Waals surface area contributed by atoms with Gasteiger partial charge in [0.25, 0.3) is 0 Å². The predicted molar refractivity (Wildman–Crippen MR) is 260 cm³/mol. The molecule has 1 aromatic carbocycles. The smallest absolute Gasteiger partial charge is 0.328 e. The predicted octanol–water partition coefficient (Wildman–Crippen LogP) is -4.91. The first-order chi connectivity index (χ1) is 34.2. The molecule has 72 heavy (non-hydrogen) atoms. The van der Waals surface area contributed by atoms with E-state index in [9.17, 15) is 68.4 Å². The fourth-order valence-corrected chi connectivity index (χ4v) is 7.27. The van der Waals surface area contributed by atoms with E-state index in [0.29, 0.717) is 50.6 Å². The zero-order chi connectivity index (χ0) is 53.9. The van der Waals surface area contributed by atoms with E-state index in [0.717, 1.165) is 6.42 Å². The molecule has 0 unspecified atom stereocenters. The van der Waals surface area contributed by atoms with Gasteiger partial charge in [0.2, 0.25) is 53.2 Å². The Morgan fingerprint density at radius 3 is 1.64 bits per heavy atom. The molecule has 0 aliphatic carbocycles. The van der Waals surface area contributed by atoms with Crippen molar-refractivity contribution in [1.82, 2.24) is 53.2 Å². The molecule has 0 bridgehead atoms. The summed E-state index contributed by atoms with van der Waals surface area (Å²) >= 11 is 0. The molecule has 9 amide bonds. The largest absolute Gasteiger partial charge is 0.508 e. The van der Waals surface area contributed by atoms with E-state index >= 15 is 0 Å². The molecule has 0 radical (unpaired) electrons. The van der Waals surface area contributed by atoms with Gasteiger partial charge in [0.05, 0.1) is 25.8 Å². The number of aliphatic carboxylic acids is 1. The Hall–Kier alpha value is -6.48. The standard InChI is InChI=1S/C46H76N12O14/c1-5-25(2)37(45(70)56-34(23-59)44(69)55-31(11-6-8-18-47)41(66)54-32(12-7-9-19-48)42(67)57-35(24-60)46(71)72)58-39(64)27(4)52-43(68)33(21-28-14-16-29(61)17-15-28)53-36(62)22-50-38(63)26(3)51-40(65)30-13-10-20-49-30/h14-17,25-27,30-35,37,49,59-61H,5-13,18-24,47-48H2,1-4H3,(H,50,63)(H,51,65)(H,52,68)(H,53,62)(H,54,66)(H,55,69)(H,56,70)(H,57,67)(H,58,64)(H,71,72)/t25-,26-,27-,30-,31-,32-,33-,34-,35-,37-/m0/s1. The maximum atomic E-state index is 13.8. The Balaban J connectivity index is 2.19. The lowest BCUT2D eigenvalue weighted by atomic mass is 9.97. The average molecular weight is 1020 g/mol. The quantitative estimate of drug-likeness (QED) is 0.0294. The van der Waals surface area contributed by atoms with Crippen molar-refractivity contribution in [1.29, 1.82) is 0 Å². The Morgan fingerprint density at radius 2 is 1.14 bits per heavy atom. The number of unbranched alkanes of at least 4 members (excludes halogenated alkanes) is 2. The summed E-state index contributed by atoms with van der Waals surface area (Å²) in [4.78, 5) is 131. The summed E-state index contributed by atoms with van der Waals surface area (Å²) in [5.74, 6) is -9.32. The number of hydrogen-bond acceptors (Lipinski definition) is 16. The summed E-state index contributed by atoms with van der Waals surface area (Å²) < 4.78 is 0. The second-order valence-corrected chi connectivity index (χ2v) is 17.7. The fourth-order valence-electron chi connectivity index (χ4n) is 7.27. The number of phenols is 1. The molecular formula is C46H76N12O14. The number of carboxylic acid groups (broad SMARTS) is 1. The summed E-state index contributed by atoms with van der Waals surface area (Å²) in [5, 5.41) is 64.1. The fraction of sp³-hybridized carbons (Fsp3) is 0.652. The van der Waals surface area contributed by atoms with Crippen LogP contribution in [0.4, 0.5) is 0 Å². The number of hydrogen-bond donors (Lipinski definition) is 16. The van der Waals surface area contributed by atoms with Gasteiger partial charge in [-0.3, -0.25) is 43.2 Å². The highest BCUT2D eigenvalue weighted by molar-refractivity contribution is 5.98. The van der Waals surface area contributed by atoms with Crippen LogP contribution in [0.3, 0.4) is 0 Å². The number of aliphatic hydroxyl groups excluding tert-OH is 2. The number of phenolic OH excluding ortho intramolecular Hbond substituents is 1. The number of nitrogens with two attached hydrogens (primary N) is 2. The third-order valence-electron chi connectivity index (χ3n) is 11.9. The highest BCUT2D eigenvalue weighted by atomic mass is 16.4. The Kier molecular flexibility index (Phi) is 27.8. The first kappa shape index (κ1) is 61.6. The summed E-state index contributed by atoms with van der Waals surface area (Å²) in [6, 6.07) is -5.61. The van der Waals surface area contributed by atoms with E-state index in [1.165, 1.54) is 38.1 Å². The van der Waals surface area contributed by atoms with Crippen molar-refractivity contribution in [2.24, 2.45) is 17.4 Å². The van der Waals surface area contributed by atoms with Crippen molar-refractivity contribution in [3.63, 3.8) is 0 Å². The Morgan fingerprint density at radius 1 is 0.625 bits per heavy atom. The molecule has 26 heteroatoms. The molecule has 0 spiro atoms. The maximum Gasteiger partial charge on any atom is 0.328 e. The van der Waals surface area contributed by atoms with E-state index in [1.54, 1.807) is 13.8 Å². The first-order valence-corrected chi connectivity index (χ1v) is 24.2. The van der Waals surface area contributed by atoms with Crippen LogP contribution < -0.4 is 64.6 Å². The number of nitrogens with one attached hydrogen (secondary N) is 10. The molecule has 404 valence electrons. The van der Waals surface area contributed by atoms with Crippen LogP contribution in [0.2, 0.25) is 0 Å². The van der Waals surface area contributed by atoms with Crippen molar-refractivity contribution < 1.29 is 68.4 Å². The molecule has 1 aliphatic heterocycles. The van der Waals surface area contributed by atoms with Gasteiger partial charge < -0.3 is 85.1 Å². The van der Waals surface area contributed by atoms with Gasteiger partial charge in [0.1, 0.15) is 54.1 Å². The monoisotopic (exact) mass is 1020 g/mol. The van der Waals surface area contributed by atoms with E-state index in [1.807, 2.05) is 0 Å². The average Bonchev–Trinajstić information content (AvgIpc) is 3.90. The number of carbonyl (C=O) groups excluding carboxylic acids is 9. The molecule has 18 N–H and O–H groups in total. The summed E-state index contributed by atoms with van der Waals surface area (Å²) in [5.41, 5.74) is 11.7. The molecule has 2 rings (SSSR count). The zero-order valence-corrected chi connectivity index (χ0v) is 41.4. The lowest BCUT2D eigenvalue weighted by molar-refractivity contribution is -0.143. The minimum Gasteiger partial charge on any atom is -0.508 e. The van der Waals surface area contributed by atoms with Crippen molar-refractivity contribution >= 4 is 59.1 Å².